The molecule has 8 nitrogen and oxygen atoms in total. The van der Waals surface area contributed by atoms with Crippen molar-refractivity contribution in [2.24, 2.45) is 5.92 Å². The van der Waals surface area contributed by atoms with Crippen LogP contribution in [0.3, 0.4) is 0 Å². The number of benzene rings is 2. The molecule has 186 valence electrons. The number of nitrogens with zero attached hydrogens (tertiary/aromatic N) is 2. The number of ether oxygens (including phenoxy) is 1. The second-order valence-corrected chi connectivity index (χ2v) is 9.39. The van der Waals surface area contributed by atoms with Crippen molar-refractivity contribution in [1.82, 2.24) is 15.1 Å². The quantitative estimate of drug-likeness (QED) is 0.626. The van der Waals surface area contributed by atoms with Gasteiger partial charge in [-0.15, -0.1) is 0 Å². The van der Waals surface area contributed by atoms with Crippen molar-refractivity contribution in [3.05, 3.63) is 58.6 Å². The van der Waals surface area contributed by atoms with Crippen LogP contribution in [0.5, 0.6) is 5.75 Å². The fraction of sp³-hybridized carbons (Fsp3) is 0.423. The Bertz CT molecular complexity index is 1080. The van der Waals surface area contributed by atoms with Gasteiger partial charge in [-0.2, -0.15) is 0 Å². The number of piperidine rings is 1. The largest absolute Gasteiger partial charge is 0.496 e. The zero-order valence-corrected chi connectivity index (χ0v) is 20.6. The summed E-state index contributed by atoms with van der Waals surface area (Å²) in [5, 5.41) is 6.41. The molecule has 9 heteroatoms. The zero-order valence-electron chi connectivity index (χ0n) is 19.9. The molecule has 0 bridgehead atoms. The van der Waals surface area contributed by atoms with E-state index >= 15 is 0 Å². The molecule has 2 fully saturated rings. The van der Waals surface area contributed by atoms with E-state index in [0.29, 0.717) is 48.8 Å². The van der Waals surface area contributed by atoms with Crippen molar-refractivity contribution in [2.75, 3.05) is 38.6 Å². The third-order valence-corrected chi connectivity index (χ3v) is 6.82. The number of carbonyl (C=O) groups is 3. The van der Waals surface area contributed by atoms with Crippen LogP contribution in [-0.2, 0) is 11.3 Å². The third-order valence-electron chi connectivity index (χ3n) is 6.58. The Morgan fingerprint density at radius 2 is 1.74 bits per heavy atom. The molecule has 4 amide bonds. The van der Waals surface area contributed by atoms with Gasteiger partial charge in [0.1, 0.15) is 5.75 Å². The van der Waals surface area contributed by atoms with Gasteiger partial charge in [0, 0.05) is 49.4 Å². The van der Waals surface area contributed by atoms with Crippen molar-refractivity contribution in [1.29, 1.82) is 0 Å². The van der Waals surface area contributed by atoms with Crippen molar-refractivity contribution < 1.29 is 19.1 Å². The van der Waals surface area contributed by atoms with Crippen LogP contribution in [0.4, 0.5) is 10.5 Å². The second kappa shape index (κ2) is 11.4. The van der Waals surface area contributed by atoms with Crippen LogP contribution in [0.25, 0.3) is 0 Å². The summed E-state index contributed by atoms with van der Waals surface area (Å²) in [6, 6.07) is 12.4. The van der Waals surface area contributed by atoms with Crippen molar-refractivity contribution in [3.8, 4) is 5.75 Å². The lowest BCUT2D eigenvalue weighted by Gasteiger charge is -2.31. The fourth-order valence-electron chi connectivity index (χ4n) is 4.58. The van der Waals surface area contributed by atoms with Crippen molar-refractivity contribution in [3.63, 3.8) is 0 Å². The van der Waals surface area contributed by atoms with Gasteiger partial charge in [0.25, 0.3) is 5.91 Å². The summed E-state index contributed by atoms with van der Waals surface area (Å²) >= 11 is 6.07. The van der Waals surface area contributed by atoms with E-state index in [-0.39, 0.29) is 23.8 Å². The number of amides is 4. The van der Waals surface area contributed by atoms with E-state index in [1.165, 1.54) is 7.11 Å². The van der Waals surface area contributed by atoms with Gasteiger partial charge < -0.3 is 25.2 Å². The van der Waals surface area contributed by atoms with Crippen molar-refractivity contribution >= 4 is 35.1 Å². The average molecular weight is 499 g/mol. The number of urea groups is 1. The number of rotatable bonds is 6. The lowest BCUT2D eigenvalue weighted by Crippen LogP contribution is -2.43. The van der Waals surface area contributed by atoms with Gasteiger partial charge in [0.2, 0.25) is 5.91 Å². The minimum Gasteiger partial charge on any atom is -0.496 e. The van der Waals surface area contributed by atoms with Crippen LogP contribution in [0.15, 0.2) is 42.5 Å². The summed E-state index contributed by atoms with van der Waals surface area (Å²) in [4.78, 5) is 41.6. The summed E-state index contributed by atoms with van der Waals surface area (Å²) in [5.74, 6) is 0.163. The molecular weight excluding hydrogens is 468 g/mol. The standard InChI is InChI=1S/C26H31ClN4O4/c1-35-23-8-7-20(27)16-22(23)25(33)30-13-9-19(10-14-30)24(32)28-17-18-5-4-6-21(15-18)29-26(34)31-11-2-3-12-31/h4-8,15-16,19H,2-3,9-14,17H2,1H3,(H,28,32)(H,29,34). The molecule has 2 heterocycles. The molecule has 4 rings (SSSR count). The minimum absolute atomic E-state index is 0.0241. The topological polar surface area (TPSA) is 91.0 Å². The van der Waals surface area contributed by atoms with Gasteiger partial charge in [-0.3, -0.25) is 9.59 Å². The smallest absolute Gasteiger partial charge is 0.321 e. The Hall–Kier alpha value is -3.26. The third kappa shape index (κ3) is 6.25. The van der Waals surface area contributed by atoms with Gasteiger partial charge in [0.05, 0.1) is 12.7 Å². The molecule has 0 aromatic heterocycles. The Morgan fingerprint density at radius 3 is 2.46 bits per heavy atom. The number of nitrogens with one attached hydrogen (secondary N) is 2. The number of hydrogen-bond donors (Lipinski definition) is 2. The molecule has 35 heavy (non-hydrogen) atoms. The molecule has 2 aliphatic heterocycles. The van der Waals surface area contributed by atoms with Gasteiger partial charge in [0.15, 0.2) is 0 Å². The summed E-state index contributed by atoms with van der Waals surface area (Å²) in [6.45, 7) is 2.94. The number of methoxy groups -OCH3 is 1. The van der Waals surface area contributed by atoms with E-state index < -0.39 is 0 Å². The van der Waals surface area contributed by atoms with Gasteiger partial charge in [-0.05, 0) is 61.6 Å². The van der Waals surface area contributed by atoms with Crippen molar-refractivity contribution in [2.45, 2.75) is 32.2 Å². The zero-order chi connectivity index (χ0) is 24.8. The van der Waals surface area contributed by atoms with E-state index in [2.05, 4.69) is 10.6 Å². The Labute approximate surface area is 210 Å². The molecule has 2 saturated heterocycles. The van der Waals surface area contributed by atoms with Crippen LogP contribution in [-0.4, -0.2) is 60.9 Å². The Balaban J connectivity index is 1.26. The van der Waals surface area contributed by atoms with Crippen LogP contribution >= 0.6 is 11.6 Å². The number of hydrogen-bond acceptors (Lipinski definition) is 4. The van der Waals surface area contributed by atoms with E-state index in [1.54, 1.807) is 23.1 Å². The van der Waals surface area contributed by atoms with Gasteiger partial charge >= 0.3 is 6.03 Å². The highest BCUT2D eigenvalue weighted by atomic mass is 35.5. The van der Waals surface area contributed by atoms with Crippen LogP contribution in [0.1, 0.15) is 41.6 Å². The van der Waals surface area contributed by atoms with Crippen LogP contribution in [0, 0.1) is 5.92 Å². The molecule has 0 atom stereocenters. The number of halogens is 1. The molecule has 2 aromatic rings. The highest BCUT2D eigenvalue weighted by Crippen LogP contribution is 2.26. The van der Waals surface area contributed by atoms with E-state index in [4.69, 9.17) is 16.3 Å². The molecular formula is C26H31ClN4O4. The highest BCUT2D eigenvalue weighted by molar-refractivity contribution is 6.31. The molecule has 0 spiro atoms. The molecule has 0 unspecified atom stereocenters. The average Bonchev–Trinajstić information content (AvgIpc) is 3.42. The summed E-state index contributed by atoms with van der Waals surface area (Å²) in [7, 11) is 1.52. The van der Waals surface area contributed by atoms with E-state index in [1.807, 2.05) is 29.2 Å². The predicted molar refractivity (Wildman–Crippen MR) is 135 cm³/mol. The second-order valence-electron chi connectivity index (χ2n) is 8.95. The van der Waals surface area contributed by atoms with Gasteiger partial charge in [-0.1, -0.05) is 23.7 Å². The number of carbonyl (C=O) groups excluding carboxylic acids is 3. The number of anilines is 1. The monoisotopic (exact) mass is 498 g/mol. The SMILES string of the molecule is COc1ccc(Cl)cc1C(=O)N1CCC(C(=O)NCc2cccc(NC(=O)N3CCCC3)c2)CC1. The maximum Gasteiger partial charge on any atom is 0.321 e. The Kier molecular flexibility index (Phi) is 8.13. The summed E-state index contributed by atoms with van der Waals surface area (Å²) in [5.41, 5.74) is 2.06. The minimum atomic E-state index is -0.154. The fourth-order valence-corrected chi connectivity index (χ4v) is 4.75. The highest BCUT2D eigenvalue weighted by Gasteiger charge is 2.29. The molecule has 2 aromatic carbocycles. The maximum absolute atomic E-state index is 13.0. The molecule has 2 N–H and O–H groups in total. The normalized spacial score (nSPS) is 16.2. The first-order valence-electron chi connectivity index (χ1n) is 12.0. The van der Waals surface area contributed by atoms with Gasteiger partial charge in [-0.25, -0.2) is 4.79 Å². The molecule has 2 aliphatic rings. The van der Waals surface area contributed by atoms with E-state index in [9.17, 15) is 14.4 Å². The predicted octanol–water partition coefficient (Wildman–Crippen LogP) is 4.14. The first-order valence-corrected chi connectivity index (χ1v) is 12.4. The first-order chi connectivity index (χ1) is 16.9. The Morgan fingerprint density at radius 1 is 1.00 bits per heavy atom. The van der Waals surface area contributed by atoms with Crippen LogP contribution in [0.2, 0.25) is 5.02 Å². The van der Waals surface area contributed by atoms with Crippen LogP contribution < -0.4 is 15.4 Å². The first kappa shape index (κ1) is 24.9. The lowest BCUT2D eigenvalue weighted by molar-refractivity contribution is -0.126. The number of likely N-dealkylation sites (tertiary alicyclic amines) is 2. The molecule has 0 radical (unpaired) electrons. The van der Waals surface area contributed by atoms with E-state index in [0.717, 1.165) is 37.2 Å². The summed E-state index contributed by atoms with van der Waals surface area (Å²) < 4.78 is 5.31. The molecule has 0 saturated carbocycles. The lowest BCUT2D eigenvalue weighted by atomic mass is 9.95. The molecule has 0 aliphatic carbocycles. The maximum atomic E-state index is 13.0. The summed E-state index contributed by atoms with van der Waals surface area (Å²) in [6.07, 6.45) is 3.27.